The van der Waals surface area contributed by atoms with E-state index in [4.69, 9.17) is 5.73 Å². The van der Waals surface area contributed by atoms with Gasteiger partial charge in [-0.05, 0) is 28.8 Å². The maximum atomic E-state index is 9.71. The highest BCUT2D eigenvalue weighted by Gasteiger charge is 2.25. The molecule has 88 valence electrons. The topological polar surface area (TPSA) is 71.2 Å². The number of rotatable bonds is 3. The molecule has 4 N–H and O–H groups in total. The molecule has 1 aliphatic carbocycles. The third kappa shape index (κ3) is 2.47. The van der Waals surface area contributed by atoms with E-state index >= 15 is 0 Å². The van der Waals surface area contributed by atoms with Crippen molar-refractivity contribution in [2.45, 2.75) is 25.4 Å². The van der Waals surface area contributed by atoms with Gasteiger partial charge in [0.1, 0.15) is 0 Å². The number of nitrogens with two attached hydrogens (primary N) is 1. The van der Waals surface area contributed by atoms with E-state index in [1.54, 1.807) is 12.4 Å². The van der Waals surface area contributed by atoms with Gasteiger partial charge in [-0.25, -0.2) is 0 Å². The summed E-state index contributed by atoms with van der Waals surface area (Å²) < 4.78 is 0.861. The molecule has 1 fully saturated rings. The summed E-state index contributed by atoms with van der Waals surface area (Å²) in [7, 11) is 0. The zero-order valence-corrected chi connectivity index (χ0v) is 10.6. The molecule has 1 heterocycles. The number of halogens is 1. The van der Waals surface area contributed by atoms with Crippen molar-refractivity contribution in [2.24, 2.45) is 5.92 Å². The third-order valence-electron chi connectivity index (χ3n) is 3.09. The molecular formula is C11H16BrN3O. The van der Waals surface area contributed by atoms with Gasteiger partial charge in [0.05, 0.1) is 28.1 Å². The van der Waals surface area contributed by atoms with Crippen LogP contribution in [-0.2, 0) is 0 Å². The molecular weight excluding hydrogens is 270 g/mol. The van der Waals surface area contributed by atoms with Crippen LogP contribution in [0.2, 0.25) is 0 Å². The van der Waals surface area contributed by atoms with Gasteiger partial charge in [-0.3, -0.25) is 4.98 Å². The number of anilines is 2. The van der Waals surface area contributed by atoms with E-state index in [1.165, 1.54) is 0 Å². The summed E-state index contributed by atoms with van der Waals surface area (Å²) >= 11 is 3.40. The standard InChI is InChI=1S/C11H16BrN3O/c12-8-5-14-6-9(13)11(8)15-4-7-2-1-3-10(7)16/h5-7,10,16H,1-4,13H2,(H,14,15). The molecule has 1 aromatic rings. The summed E-state index contributed by atoms with van der Waals surface area (Å²) in [5.74, 6) is 0.333. The molecule has 0 saturated heterocycles. The van der Waals surface area contributed by atoms with Crippen LogP contribution in [0.5, 0.6) is 0 Å². The van der Waals surface area contributed by atoms with Crippen LogP contribution in [0.15, 0.2) is 16.9 Å². The largest absolute Gasteiger partial charge is 0.396 e. The fourth-order valence-corrected chi connectivity index (χ4v) is 2.61. The summed E-state index contributed by atoms with van der Waals surface area (Å²) in [6, 6.07) is 0. The van der Waals surface area contributed by atoms with Crippen molar-refractivity contribution in [2.75, 3.05) is 17.6 Å². The van der Waals surface area contributed by atoms with Crippen LogP contribution < -0.4 is 11.1 Å². The molecule has 0 radical (unpaired) electrons. The summed E-state index contributed by atoms with van der Waals surface area (Å²) in [6.45, 7) is 0.758. The molecule has 2 unspecified atom stereocenters. The van der Waals surface area contributed by atoms with Crippen molar-refractivity contribution in [3.8, 4) is 0 Å². The first kappa shape index (κ1) is 11.7. The van der Waals surface area contributed by atoms with Crippen molar-refractivity contribution in [3.05, 3.63) is 16.9 Å². The lowest BCUT2D eigenvalue weighted by atomic mass is 10.1. The van der Waals surface area contributed by atoms with E-state index in [0.29, 0.717) is 11.6 Å². The molecule has 0 spiro atoms. The second-order valence-corrected chi connectivity index (χ2v) is 5.08. The quantitative estimate of drug-likeness (QED) is 0.794. The Bertz CT molecular complexity index is 352. The fourth-order valence-electron chi connectivity index (χ4n) is 2.13. The number of hydrogen-bond acceptors (Lipinski definition) is 4. The van der Waals surface area contributed by atoms with Gasteiger partial charge in [-0.15, -0.1) is 0 Å². The lowest BCUT2D eigenvalue weighted by Crippen LogP contribution is -2.22. The van der Waals surface area contributed by atoms with Gasteiger partial charge in [-0.1, -0.05) is 6.42 Å². The van der Waals surface area contributed by atoms with Crippen LogP contribution in [0.1, 0.15) is 19.3 Å². The Morgan fingerprint density at radius 2 is 2.31 bits per heavy atom. The molecule has 0 aliphatic heterocycles. The number of nitrogens with zero attached hydrogens (tertiary/aromatic N) is 1. The molecule has 1 aliphatic rings. The molecule has 4 nitrogen and oxygen atoms in total. The monoisotopic (exact) mass is 285 g/mol. The summed E-state index contributed by atoms with van der Waals surface area (Å²) in [6.07, 6.45) is 6.27. The average Bonchev–Trinajstić information content (AvgIpc) is 2.64. The molecule has 0 bridgehead atoms. The first-order chi connectivity index (χ1) is 7.68. The molecule has 16 heavy (non-hydrogen) atoms. The lowest BCUT2D eigenvalue weighted by molar-refractivity contribution is 0.138. The Kier molecular flexibility index (Phi) is 3.66. The van der Waals surface area contributed by atoms with E-state index in [1.807, 2.05) is 0 Å². The van der Waals surface area contributed by atoms with E-state index in [9.17, 15) is 5.11 Å². The van der Waals surface area contributed by atoms with Crippen molar-refractivity contribution < 1.29 is 5.11 Å². The summed E-state index contributed by atoms with van der Waals surface area (Å²) in [5.41, 5.74) is 7.32. The normalized spacial score (nSPS) is 24.6. The number of nitrogens with one attached hydrogen (secondary N) is 1. The van der Waals surface area contributed by atoms with Crippen LogP contribution in [0, 0.1) is 5.92 Å². The average molecular weight is 286 g/mol. The lowest BCUT2D eigenvalue weighted by Gasteiger charge is -2.17. The third-order valence-corrected chi connectivity index (χ3v) is 3.69. The van der Waals surface area contributed by atoms with E-state index in [0.717, 1.165) is 36.0 Å². The minimum absolute atomic E-state index is 0.172. The van der Waals surface area contributed by atoms with E-state index < -0.39 is 0 Å². The van der Waals surface area contributed by atoms with Crippen molar-refractivity contribution >= 4 is 27.3 Å². The molecule has 0 aromatic carbocycles. The van der Waals surface area contributed by atoms with Gasteiger partial charge in [0.2, 0.25) is 0 Å². The fraction of sp³-hybridized carbons (Fsp3) is 0.545. The van der Waals surface area contributed by atoms with Gasteiger partial charge in [0.25, 0.3) is 0 Å². The summed E-state index contributed by atoms with van der Waals surface area (Å²) in [4.78, 5) is 3.98. The molecule has 0 amide bonds. The highest BCUT2D eigenvalue weighted by Crippen LogP contribution is 2.30. The minimum atomic E-state index is -0.172. The van der Waals surface area contributed by atoms with Crippen LogP contribution in [0.4, 0.5) is 11.4 Å². The first-order valence-corrected chi connectivity index (χ1v) is 6.28. The van der Waals surface area contributed by atoms with E-state index in [-0.39, 0.29) is 6.10 Å². The number of pyridine rings is 1. The van der Waals surface area contributed by atoms with Crippen LogP contribution >= 0.6 is 15.9 Å². The predicted octanol–water partition coefficient (Wildman–Crippen LogP) is 2.00. The molecule has 1 saturated carbocycles. The van der Waals surface area contributed by atoms with Crippen LogP contribution in [0.3, 0.4) is 0 Å². The Morgan fingerprint density at radius 3 is 2.94 bits per heavy atom. The number of hydrogen-bond donors (Lipinski definition) is 3. The van der Waals surface area contributed by atoms with Gasteiger partial charge in [-0.2, -0.15) is 0 Å². The number of aliphatic hydroxyl groups is 1. The predicted molar refractivity (Wildman–Crippen MR) is 68.2 cm³/mol. The van der Waals surface area contributed by atoms with Crippen LogP contribution in [-0.4, -0.2) is 22.7 Å². The molecule has 1 aromatic heterocycles. The highest BCUT2D eigenvalue weighted by atomic mass is 79.9. The zero-order chi connectivity index (χ0) is 11.5. The van der Waals surface area contributed by atoms with Gasteiger partial charge in [0.15, 0.2) is 0 Å². The Labute approximate surface area is 103 Å². The second kappa shape index (κ2) is 5.01. The minimum Gasteiger partial charge on any atom is -0.396 e. The maximum Gasteiger partial charge on any atom is 0.0750 e. The van der Waals surface area contributed by atoms with Gasteiger partial charge in [0, 0.05) is 18.7 Å². The summed E-state index contributed by atoms with van der Waals surface area (Å²) in [5, 5.41) is 13.0. The van der Waals surface area contributed by atoms with E-state index in [2.05, 4.69) is 26.2 Å². The highest BCUT2D eigenvalue weighted by molar-refractivity contribution is 9.10. The van der Waals surface area contributed by atoms with Crippen molar-refractivity contribution in [1.29, 1.82) is 0 Å². The Hall–Kier alpha value is -0.810. The smallest absolute Gasteiger partial charge is 0.0750 e. The van der Waals surface area contributed by atoms with Gasteiger partial charge < -0.3 is 16.2 Å². The number of nitrogen functional groups attached to an aromatic ring is 1. The van der Waals surface area contributed by atoms with Gasteiger partial charge >= 0.3 is 0 Å². The Balaban J connectivity index is 1.99. The maximum absolute atomic E-state index is 9.71. The number of aliphatic hydroxyl groups excluding tert-OH is 1. The molecule has 5 heteroatoms. The zero-order valence-electron chi connectivity index (χ0n) is 8.99. The van der Waals surface area contributed by atoms with Crippen molar-refractivity contribution in [1.82, 2.24) is 4.98 Å². The Morgan fingerprint density at radius 1 is 1.50 bits per heavy atom. The second-order valence-electron chi connectivity index (χ2n) is 4.22. The molecule has 2 atom stereocenters. The molecule has 2 rings (SSSR count). The SMILES string of the molecule is Nc1cncc(Br)c1NCC1CCCC1O. The first-order valence-electron chi connectivity index (χ1n) is 5.49. The number of aromatic nitrogens is 1. The van der Waals surface area contributed by atoms with Crippen molar-refractivity contribution in [3.63, 3.8) is 0 Å². The van der Waals surface area contributed by atoms with Crippen LogP contribution in [0.25, 0.3) is 0 Å².